The largest absolute Gasteiger partial charge is 0.493 e. The first-order chi connectivity index (χ1) is 15.6. The molecule has 1 aromatic carbocycles. The van der Waals surface area contributed by atoms with Crippen LogP contribution in [0.1, 0.15) is 42.6 Å². The maximum Gasteiger partial charge on any atom is 0.373 e. The van der Waals surface area contributed by atoms with E-state index in [4.69, 9.17) is 18.6 Å². The average molecular weight is 458 g/mol. The lowest BCUT2D eigenvalue weighted by molar-refractivity contribution is -0.123. The van der Waals surface area contributed by atoms with Gasteiger partial charge in [-0.1, -0.05) is 0 Å². The molecule has 0 atom stereocenters. The summed E-state index contributed by atoms with van der Waals surface area (Å²) in [5, 5.41) is 2.54. The van der Waals surface area contributed by atoms with Gasteiger partial charge in [0.2, 0.25) is 11.5 Å². The summed E-state index contributed by atoms with van der Waals surface area (Å²) in [5.74, 6) is 0.285. The van der Waals surface area contributed by atoms with Crippen molar-refractivity contribution < 1.29 is 37.7 Å². The Balaban J connectivity index is 1.86. The van der Waals surface area contributed by atoms with Crippen molar-refractivity contribution in [2.75, 3.05) is 21.3 Å². The van der Waals surface area contributed by atoms with Crippen molar-refractivity contribution in [1.29, 1.82) is 0 Å². The number of esters is 1. The highest BCUT2D eigenvalue weighted by Gasteiger charge is 2.34. The molecule has 176 valence electrons. The van der Waals surface area contributed by atoms with E-state index in [1.54, 1.807) is 12.1 Å². The third kappa shape index (κ3) is 5.28. The number of nitrogens with zero attached hydrogens (tertiary/aromatic N) is 1. The van der Waals surface area contributed by atoms with Crippen LogP contribution in [-0.4, -0.2) is 49.7 Å². The van der Waals surface area contributed by atoms with E-state index in [0.717, 1.165) is 4.90 Å². The van der Waals surface area contributed by atoms with E-state index in [1.165, 1.54) is 39.5 Å². The molecule has 33 heavy (non-hydrogen) atoms. The van der Waals surface area contributed by atoms with E-state index in [1.807, 2.05) is 20.8 Å². The number of nitrogens with one attached hydrogen (secondary N) is 1. The van der Waals surface area contributed by atoms with Crippen molar-refractivity contribution in [3.8, 4) is 17.2 Å². The molecule has 0 aliphatic carbocycles. The number of methoxy groups -OCH3 is 3. The number of rotatable bonds is 7. The first-order valence-electron chi connectivity index (χ1n) is 10.0. The van der Waals surface area contributed by atoms with Gasteiger partial charge < -0.3 is 28.7 Å². The van der Waals surface area contributed by atoms with Crippen molar-refractivity contribution >= 4 is 24.0 Å². The van der Waals surface area contributed by atoms with Gasteiger partial charge in [0.25, 0.3) is 5.91 Å². The number of hydrogen-bond donors (Lipinski definition) is 1. The molecule has 1 aromatic heterocycles. The van der Waals surface area contributed by atoms with Crippen molar-refractivity contribution in [3.05, 3.63) is 47.0 Å². The minimum absolute atomic E-state index is 0.0212. The number of furan rings is 1. The normalized spacial score (nSPS) is 15.0. The Hall–Kier alpha value is -3.95. The fourth-order valence-corrected chi connectivity index (χ4v) is 3.10. The number of benzene rings is 1. The minimum Gasteiger partial charge on any atom is -0.493 e. The molecule has 3 rings (SSSR count). The standard InChI is InChI=1S/C23H26N2O8/c1-23(2,3)33-19-17(29-4)10-13(11-18(19)30-5)9-15-20(26)25(22(28)24-15)12-14-7-8-16(32-14)21(27)31-6/h7-11H,12H2,1-6H3,(H,24,28). The molecule has 10 nitrogen and oxygen atoms in total. The smallest absolute Gasteiger partial charge is 0.373 e. The molecule has 1 aliphatic heterocycles. The summed E-state index contributed by atoms with van der Waals surface area (Å²) in [4.78, 5) is 37.7. The molecule has 0 saturated carbocycles. The summed E-state index contributed by atoms with van der Waals surface area (Å²) in [6, 6.07) is 5.64. The lowest BCUT2D eigenvalue weighted by Crippen LogP contribution is -2.30. The van der Waals surface area contributed by atoms with Crippen LogP contribution in [-0.2, 0) is 16.1 Å². The topological polar surface area (TPSA) is 117 Å². The minimum atomic E-state index is -0.652. The van der Waals surface area contributed by atoms with Gasteiger partial charge >= 0.3 is 12.0 Å². The summed E-state index contributed by atoms with van der Waals surface area (Å²) in [5.41, 5.74) is 0.130. The van der Waals surface area contributed by atoms with Gasteiger partial charge in [-0.2, -0.15) is 0 Å². The first kappa shape index (κ1) is 23.7. The van der Waals surface area contributed by atoms with Crippen LogP contribution in [0.3, 0.4) is 0 Å². The molecule has 3 amide bonds. The van der Waals surface area contributed by atoms with Crippen LogP contribution >= 0.6 is 0 Å². The van der Waals surface area contributed by atoms with E-state index in [-0.39, 0.29) is 23.8 Å². The number of hydrogen-bond acceptors (Lipinski definition) is 8. The Morgan fingerprint density at radius 3 is 2.27 bits per heavy atom. The number of ether oxygens (including phenoxy) is 4. The Morgan fingerprint density at radius 1 is 1.09 bits per heavy atom. The van der Waals surface area contributed by atoms with Crippen molar-refractivity contribution in [2.45, 2.75) is 32.9 Å². The second-order valence-electron chi connectivity index (χ2n) is 8.11. The van der Waals surface area contributed by atoms with Crippen LogP contribution in [0.25, 0.3) is 6.08 Å². The molecule has 1 aliphatic rings. The van der Waals surface area contributed by atoms with Crippen LogP contribution in [0.4, 0.5) is 4.79 Å². The molecule has 10 heteroatoms. The summed E-state index contributed by atoms with van der Waals surface area (Å²) in [6.45, 7) is 5.55. The van der Waals surface area contributed by atoms with Crippen molar-refractivity contribution in [1.82, 2.24) is 10.2 Å². The highest BCUT2D eigenvalue weighted by atomic mass is 16.6. The lowest BCUT2D eigenvalue weighted by Gasteiger charge is -2.24. The van der Waals surface area contributed by atoms with Gasteiger partial charge in [-0.25, -0.2) is 9.59 Å². The Kier molecular flexibility index (Phi) is 6.66. The van der Waals surface area contributed by atoms with Crippen LogP contribution in [0.2, 0.25) is 0 Å². The second kappa shape index (κ2) is 9.27. The van der Waals surface area contributed by atoms with Gasteiger partial charge in [0.15, 0.2) is 11.5 Å². The molecule has 0 bridgehead atoms. The predicted molar refractivity (Wildman–Crippen MR) is 117 cm³/mol. The van der Waals surface area contributed by atoms with Crippen molar-refractivity contribution in [3.63, 3.8) is 0 Å². The summed E-state index contributed by atoms with van der Waals surface area (Å²) in [6.07, 6.45) is 1.51. The highest BCUT2D eigenvalue weighted by molar-refractivity contribution is 6.13. The fourth-order valence-electron chi connectivity index (χ4n) is 3.10. The van der Waals surface area contributed by atoms with Crippen molar-refractivity contribution in [2.24, 2.45) is 0 Å². The summed E-state index contributed by atoms with van der Waals surface area (Å²) >= 11 is 0. The number of imide groups is 1. The second-order valence-corrected chi connectivity index (χ2v) is 8.11. The Morgan fingerprint density at radius 2 is 1.73 bits per heavy atom. The van der Waals surface area contributed by atoms with Gasteiger partial charge in [0.1, 0.15) is 17.1 Å². The zero-order valence-corrected chi connectivity index (χ0v) is 19.3. The van der Waals surface area contributed by atoms with Gasteiger partial charge in [0.05, 0.1) is 27.9 Å². The number of amides is 3. The Bertz CT molecular complexity index is 1080. The highest BCUT2D eigenvalue weighted by Crippen LogP contribution is 2.41. The van der Waals surface area contributed by atoms with Gasteiger partial charge in [-0.3, -0.25) is 9.69 Å². The molecule has 0 radical (unpaired) electrons. The predicted octanol–water partition coefficient (Wildman–Crippen LogP) is 3.35. The fraction of sp³-hybridized carbons (Fsp3) is 0.348. The van der Waals surface area contributed by atoms with Crippen LogP contribution in [0.15, 0.2) is 34.4 Å². The van der Waals surface area contributed by atoms with Gasteiger partial charge in [-0.15, -0.1) is 0 Å². The maximum atomic E-state index is 12.8. The van der Waals surface area contributed by atoms with E-state index in [0.29, 0.717) is 22.8 Å². The lowest BCUT2D eigenvalue weighted by atomic mass is 10.1. The number of urea groups is 1. The molecule has 1 saturated heterocycles. The third-order valence-corrected chi connectivity index (χ3v) is 4.53. The number of carbonyl (C=O) groups excluding carboxylic acids is 3. The van der Waals surface area contributed by atoms with Gasteiger partial charge in [0, 0.05) is 0 Å². The van der Waals surface area contributed by atoms with Crippen LogP contribution in [0, 0.1) is 0 Å². The van der Waals surface area contributed by atoms with Crippen LogP contribution in [0.5, 0.6) is 17.2 Å². The molecule has 1 fully saturated rings. The van der Waals surface area contributed by atoms with E-state index < -0.39 is 23.5 Å². The van der Waals surface area contributed by atoms with Gasteiger partial charge in [-0.05, 0) is 56.7 Å². The summed E-state index contributed by atoms with van der Waals surface area (Å²) < 4.78 is 26.8. The van der Waals surface area contributed by atoms with E-state index in [2.05, 4.69) is 10.1 Å². The van der Waals surface area contributed by atoms with E-state index >= 15 is 0 Å². The van der Waals surface area contributed by atoms with E-state index in [9.17, 15) is 14.4 Å². The zero-order valence-electron chi connectivity index (χ0n) is 19.3. The average Bonchev–Trinajstić information content (AvgIpc) is 3.33. The maximum absolute atomic E-state index is 12.8. The SMILES string of the molecule is COC(=O)c1ccc(CN2C(=O)NC(=Cc3cc(OC)c(OC(C)(C)C)c(OC)c3)C2=O)o1. The number of carbonyl (C=O) groups is 3. The quantitative estimate of drug-likeness (QED) is 0.381. The molecular formula is C23H26N2O8. The third-order valence-electron chi connectivity index (χ3n) is 4.53. The summed E-state index contributed by atoms with van der Waals surface area (Å²) in [7, 11) is 4.22. The zero-order chi connectivity index (χ0) is 24.3. The molecule has 0 unspecified atom stereocenters. The first-order valence-corrected chi connectivity index (χ1v) is 10.0. The van der Waals surface area contributed by atoms with Crippen LogP contribution < -0.4 is 19.5 Å². The monoisotopic (exact) mass is 458 g/mol. The Labute approximate surface area is 191 Å². The molecule has 2 aromatic rings. The molecule has 1 N–H and O–H groups in total. The molecular weight excluding hydrogens is 432 g/mol. The molecule has 0 spiro atoms. The molecule has 2 heterocycles.